The van der Waals surface area contributed by atoms with Gasteiger partial charge in [-0.2, -0.15) is 0 Å². The molecule has 2 aromatic rings. The standard InChI is InChI=1S/C8H7ClN4O2/c1-3-2-4(14)13-7(11-3)5(6(10)15)12-8(13)9/h2,11H,1H3,(H2,10,15). The van der Waals surface area contributed by atoms with Gasteiger partial charge >= 0.3 is 0 Å². The number of carbonyl (C=O) groups excluding carboxylic acids is 1. The highest BCUT2D eigenvalue weighted by Crippen LogP contribution is 2.12. The highest BCUT2D eigenvalue weighted by Gasteiger charge is 2.16. The third kappa shape index (κ3) is 1.39. The SMILES string of the molecule is Cc1cc(=O)n2c(Cl)nc(C(N)=O)c2[nH]1. The molecule has 2 heterocycles. The van der Waals surface area contributed by atoms with Crippen LogP contribution < -0.4 is 11.3 Å². The maximum Gasteiger partial charge on any atom is 0.271 e. The number of imidazole rings is 1. The van der Waals surface area contributed by atoms with Crippen molar-refractivity contribution in [3.05, 3.63) is 33.1 Å². The van der Waals surface area contributed by atoms with Crippen LogP contribution in [0.5, 0.6) is 0 Å². The number of aryl methyl sites for hydroxylation is 1. The van der Waals surface area contributed by atoms with Crippen molar-refractivity contribution in [1.29, 1.82) is 0 Å². The number of aromatic amines is 1. The fraction of sp³-hybridized carbons (Fsp3) is 0.125. The zero-order valence-corrected chi connectivity index (χ0v) is 8.50. The van der Waals surface area contributed by atoms with E-state index in [2.05, 4.69) is 9.97 Å². The predicted molar refractivity (Wildman–Crippen MR) is 54.1 cm³/mol. The van der Waals surface area contributed by atoms with Crippen molar-refractivity contribution in [3.63, 3.8) is 0 Å². The summed E-state index contributed by atoms with van der Waals surface area (Å²) in [6, 6.07) is 1.35. The van der Waals surface area contributed by atoms with Gasteiger partial charge in [-0.3, -0.25) is 9.59 Å². The molecule has 2 rings (SSSR count). The van der Waals surface area contributed by atoms with E-state index in [1.807, 2.05) is 0 Å². The van der Waals surface area contributed by atoms with Crippen molar-refractivity contribution in [2.24, 2.45) is 5.73 Å². The number of hydrogen-bond donors (Lipinski definition) is 2. The van der Waals surface area contributed by atoms with E-state index in [0.29, 0.717) is 5.69 Å². The van der Waals surface area contributed by atoms with Crippen molar-refractivity contribution >= 4 is 23.2 Å². The summed E-state index contributed by atoms with van der Waals surface area (Å²) in [6.45, 7) is 1.69. The molecule has 2 aromatic heterocycles. The minimum Gasteiger partial charge on any atom is -0.364 e. The Morgan fingerprint density at radius 2 is 2.33 bits per heavy atom. The van der Waals surface area contributed by atoms with E-state index in [1.54, 1.807) is 6.92 Å². The number of hydrogen-bond acceptors (Lipinski definition) is 3. The summed E-state index contributed by atoms with van der Waals surface area (Å²) in [5.41, 5.74) is 5.52. The van der Waals surface area contributed by atoms with E-state index in [1.165, 1.54) is 6.07 Å². The van der Waals surface area contributed by atoms with E-state index >= 15 is 0 Å². The van der Waals surface area contributed by atoms with Crippen molar-refractivity contribution in [2.45, 2.75) is 6.92 Å². The first-order valence-electron chi connectivity index (χ1n) is 4.08. The molecule has 1 amide bonds. The molecule has 0 aliphatic heterocycles. The van der Waals surface area contributed by atoms with E-state index in [4.69, 9.17) is 17.3 Å². The Bertz CT molecular complexity index is 613. The number of nitrogens with one attached hydrogen (secondary N) is 1. The molecule has 0 aliphatic rings. The first-order valence-corrected chi connectivity index (χ1v) is 4.46. The highest BCUT2D eigenvalue weighted by atomic mass is 35.5. The van der Waals surface area contributed by atoms with Crippen LogP contribution in [0.1, 0.15) is 16.2 Å². The number of nitrogens with zero attached hydrogens (tertiary/aromatic N) is 2. The first kappa shape index (κ1) is 9.72. The van der Waals surface area contributed by atoms with Crippen LogP contribution in [0.3, 0.4) is 0 Å². The summed E-state index contributed by atoms with van der Waals surface area (Å²) in [5.74, 6) is -0.736. The second kappa shape index (κ2) is 3.09. The Morgan fingerprint density at radius 1 is 1.67 bits per heavy atom. The molecule has 6 nitrogen and oxygen atoms in total. The van der Waals surface area contributed by atoms with Crippen LogP contribution >= 0.6 is 11.6 Å². The van der Waals surface area contributed by atoms with Gasteiger partial charge in [-0.05, 0) is 18.5 Å². The van der Waals surface area contributed by atoms with Crippen LogP contribution in [0.15, 0.2) is 10.9 Å². The molecule has 0 saturated heterocycles. The van der Waals surface area contributed by atoms with E-state index in [0.717, 1.165) is 4.40 Å². The van der Waals surface area contributed by atoms with Crippen molar-refractivity contribution < 1.29 is 4.79 Å². The lowest BCUT2D eigenvalue weighted by Gasteiger charge is -1.97. The molecule has 0 bridgehead atoms. The second-order valence-corrected chi connectivity index (χ2v) is 3.41. The van der Waals surface area contributed by atoms with Crippen molar-refractivity contribution in [3.8, 4) is 0 Å². The predicted octanol–water partition coefficient (Wildman–Crippen LogP) is 0.0833. The van der Waals surface area contributed by atoms with Crippen molar-refractivity contribution in [1.82, 2.24) is 14.4 Å². The van der Waals surface area contributed by atoms with Crippen LogP contribution in [0, 0.1) is 6.92 Å². The van der Waals surface area contributed by atoms with Gasteiger partial charge in [0.25, 0.3) is 11.5 Å². The summed E-state index contributed by atoms with van der Waals surface area (Å²) in [6.07, 6.45) is 0. The first-order chi connectivity index (χ1) is 7.00. The maximum atomic E-state index is 11.5. The molecule has 0 spiro atoms. The van der Waals surface area contributed by atoms with Gasteiger partial charge in [-0.25, -0.2) is 9.38 Å². The molecular weight excluding hydrogens is 220 g/mol. The fourth-order valence-electron chi connectivity index (χ4n) is 1.35. The van der Waals surface area contributed by atoms with Crippen LogP contribution in [0.25, 0.3) is 5.65 Å². The zero-order chi connectivity index (χ0) is 11.2. The third-order valence-electron chi connectivity index (χ3n) is 1.95. The van der Waals surface area contributed by atoms with Gasteiger partial charge in [0.1, 0.15) is 0 Å². The summed E-state index contributed by atoms with van der Waals surface area (Å²) < 4.78 is 1.09. The molecule has 0 radical (unpaired) electrons. The van der Waals surface area contributed by atoms with Gasteiger partial charge in [-0.1, -0.05) is 0 Å². The van der Waals surface area contributed by atoms with Crippen LogP contribution in [-0.2, 0) is 0 Å². The summed E-state index contributed by atoms with van der Waals surface area (Å²) in [7, 11) is 0. The molecule has 78 valence electrons. The smallest absolute Gasteiger partial charge is 0.271 e. The lowest BCUT2D eigenvalue weighted by atomic mass is 10.4. The Balaban J connectivity index is 3.00. The van der Waals surface area contributed by atoms with E-state index < -0.39 is 5.91 Å². The molecule has 0 unspecified atom stereocenters. The van der Waals surface area contributed by atoms with E-state index in [9.17, 15) is 9.59 Å². The zero-order valence-electron chi connectivity index (χ0n) is 7.74. The molecule has 7 heteroatoms. The molecule has 0 saturated carbocycles. The van der Waals surface area contributed by atoms with Gasteiger partial charge in [0.2, 0.25) is 5.28 Å². The minimum atomic E-state index is -0.736. The molecule has 0 atom stereocenters. The number of fused-ring (bicyclic) bond motifs is 1. The molecule has 3 N–H and O–H groups in total. The highest BCUT2D eigenvalue weighted by molar-refractivity contribution is 6.29. The molecule has 0 fully saturated rings. The Kier molecular flexibility index (Phi) is 2.01. The van der Waals surface area contributed by atoms with E-state index in [-0.39, 0.29) is 22.2 Å². The van der Waals surface area contributed by atoms with Gasteiger partial charge in [-0.15, -0.1) is 0 Å². The van der Waals surface area contributed by atoms with Gasteiger partial charge in [0.15, 0.2) is 11.3 Å². The summed E-state index contributed by atoms with van der Waals surface area (Å²) in [4.78, 5) is 29.1. The summed E-state index contributed by atoms with van der Waals surface area (Å²) in [5, 5.41) is -0.0833. The topological polar surface area (TPSA) is 93.2 Å². The van der Waals surface area contributed by atoms with Crippen LogP contribution in [0.4, 0.5) is 0 Å². The van der Waals surface area contributed by atoms with Crippen LogP contribution in [0.2, 0.25) is 5.28 Å². The molecule has 0 aromatic carbocycles. The third-order valence-corrected chi connectivity index (χ3v) is 2.20. The quantitative estimate of drug-likeness (QED) is 0.721. The number of primary amides is 1. The van der Waals surface area contributed by atoms with Gasteiger partial charge in [0.05, 0.1) is 0 Å². The van der Waals surface area contributed by atoms with Gasteiger partial charge in [0, 0.05) is 11.8 Å². The Labute approximate surface area is 88.7 Å². The summed E-state index contributed by atoms with van der Waals surface area (Å²) >= 11 is 5.70. The molecule has 15 heavy (non-hydrogen) atoms. The van der Waals surface area contributed by atoms with Crippen LogP contribution in [-0.4, -0.2) is 20.3 Å². The number of nitrogens with two attached hydrogens (primary N) is 1. The number of halogens is 1. The number of rotatable bonds is 1. The molecular formula is C8H7ClN4O2. The largest absolute Gasteiger partial charge is 0.364 e. The minimum absolute atomic E-state index is 0.0409. The number of H-pyrrole nitrogens is 1. The number of amides is 1. The second-order valence-electron chi connectivity index (χ2n) is 3.07. The number of carbonyl (C=O) groups is 1. The fourth-order valence-corrected chi connectivity index (χ4v) is 1.61. The van der Waals surface area contributed by atoms with Crippen molar-refractivity contribution in [2.75, 3.05) is 0 Å². The Morgan fingerprint density at radius 3 is 2.93 bits per heavy atom. The lowest BCUT2D eigenvalue weighted by molar-refractivity contribution is 0.0997. The average molecular weight is 227 g/mol. The maximum absolute atomic E-state index is 11.5. The lowest BCUT2D eigenvalue weighted by Crippen LogP contribution is -2.16. The number of aromatic nitrogens is 3. The Hall–Kier alpha value is -1.82. The average Bonchev–Trinajstić information content (AvgIpc) is 2.42. The molecule has 0 aliphatic carbocycles. The monoisotopic (exact) mass is 226 g/mol. The normalized spacial score (nSPS) is 10.8. The van der Waals surface area contributed by atoms with Gasteiger partial charge < -0.3 is 10.7 Å².